The van der Waals surface area contributed by atoms with Crippen molar-refractivity contribution < 1.29 is 14.3 Å². The molecule has 0 atom stereocenters. The van der Waals surface area contributed by atoms with Crippen molar-refractivity contribution in [3.63, 3.8) is 0 Å². The number of methoxy groups -OCH3 is 2. The Kier molecular flexibility index (Phi) is 5.92. The van der Waals surface area contributed by atoms with E-state index in [0.717, 1.165) is 24.4 Å². The fourth-order valence-electron chi connectivity index (χ4n) is 3.33. The number of aromatic nitrogens is 3. The highest BCUT2D eigenvalue weighted by molar-refractivity contribution is 5.89. The second kappa shape index (κ2) is 8.95. The van der Waals surface area contributed by atoms with Gasteiger partial charge in [-0.2, -0.15) is 5.10 Å². The Balaban J connectivity index is 1.41. The summed E-state index contributed by atoms with van der Waals surface area (Å²) in [5, 5.41) is 10.0. The Morgan fingerprint density at radius 3 is 2.39 bits per heavy atom. The molecule has 1 aliphatic rings. The van der Waals surface area contributed by atoms with Gasteiger partial charge in [-0.3, -0.25) is 0 Å². The lowest BCUT2D eigenvalue weighted by atomic mass is 10.3. The van der Waals surface area contributed by atoms with Crippen molar-refractivity contribution in [3.05, 3.63) is 64.8 Å². The van der Waals surface area contributed by atoms with Gasteiger partial charge in [0, 0.05) is 36.3 Å². The van der Waals surface area contributed by atoms with Gasteiger partial charge in [0.15, 0.2) is 0 Å². The molecule has 1 saturated carbocycles. The third-order valence-corrected chi connectivity index (χ3v) is 5.04. The van der Waals surface area contributed by atoms with E-state index < -0.39 is 6.03 Å². The number of nitrogens with one attached hydrogen (secondary N) is 2. The van der Waals surface area contributed by atoms with E-state index in [4.69, 9.17) is 9.47 Å². The molecule has 9 nitrogen and oxygen atoms in total. The summed E-state index contributed by atoms with van der Waals surface area (Å²) in [6.07, 6.45) is 2.07. The highest BCUT2D eigenvalue weighted by Crippen LogP contribution is 2.39. The third kappa shape index (κ3) is 4.71. The number of amides is 2. The molecule has 1 aliphatic carbocycles. The second-order valence-electron chi connectivity index (χ2n) is 7.29. The molecule has 0 aliphatic heterocycles. The Hall–Kier alpha value is -3.75. The zero-order valence-corrected chi connectivity index (χ0v) is 17.5. The van der Waals surface area contributed by atoms with Crippen molar-refractivity contribution in [1.29, 1.82) is 0 Å². The molecule has 9 heteroatoms. The highest BCUT2D eigenvalue weighted by Gasteiger charge is 2.31. The number of urea groups is 1. The molecular formula is C22H25N5O4. The number of rotatable bonds is 8. The molecule has 3 aromatic rings. The summed E-state index contributed by atoms with van der Waals surface area (Å²) in [7, 11) is 3.08. The molecule has 1 fully saturated rings. The van der Waals surface area contributed by atoms with Crippen LogP contribution in [0.5, 0.6) is 11.5 Å². The van der Waals surface area contributed by atoms with Gasteiger partial charge in [-0.05, 0) is 25.0 Å². The van der Waals surface area contributed by atoms with Crippen LogP contribution >= 0.6 is 0 Å². The minimum atomic E-state index is -0.395. The molecule has 0 unspecified atom stereocenters. The maximum atomic E-state index is 12.9. The van der Waals surface area contributed by atoms with Gasteiger partial charge in [-0.15, -0.1) is 0 Å². The van der Waals surface area contributed by atoms with Gasteiger partial charge in [0.2, 0.25) is 0 Å². The molecular weight excluding hydrogens is 398 g/mol. The van der Waals surface area contributed by atoms with E-state index in [1.165, 1.54) is 4.68 Å². The van der Waals surface area contributed by atoms with Crippen molar-refractivity contribution >= 4 is 11.7 Å². The van der Waals surface area contributed by atoms with Crippen molar-refractivity contribution in [2.24, 2.45) is 0 Å². The summed E-state index contributed by atoms with van der Waals surface area (Å²) < 4.78 is 13.5. The summed E-state index contributed by atoms with van der Waals surface area (Å²) in [6.45, 7) is 0.524. The number of hydrogen-bond acceptors (Lipinski definition) is 5. The SMILES string of the molecule is COc1cc(NC(=O)NCCn2nc(C3CC3)n(-c3ccccc3)c2=O)cc(OC)c1. The topological polar surface area (TPSA) is 99.4 Å². The number of nitrogens with zero attached hydrogens (tertiary/aromatic N) is 3. The number of ether oxygens (including phenoxy) is 2. The summed E-state index contributed by atoms with van der Waals surface area (Å²) in [5.41, 5.74) is 1.14. The van der Waals surface area contributed by atoms with Crippen LogP contribution in [0.2, 0.25) is 0 Å². The van der Waals surface area contributed by atoms with Crippen molar-refractivity contribution in [3.8, 4) is 17.2 Å². The van der Waals surface area contributed by atoms with Crippen LogP contribution in [-0.4, -0.2) is 41.1 Å². The van der Waals surface area contributed by atoms with Crippen molar-refractivity contribution in [1.82, 2.24) is 19.7 Å². The molecule has 2 N–H and O–H groups in total. The number of hydrogen-bond donors (Lipinski definition) is 2. The molecule has 162 valence electrons. The Morgan fingerprint density at radius 2 is 1.77 bits per heavy atom. The largest absolute Gasteiger partial charge is 0.497 e. The monoisotopic (exact) mass is 423 g/mol. The lowest BCUT2D eigenvalue weighted by Crippen LogP contribution is -2.34. The maximum Gasteiger partial charge on any atom is 0.350 e. The molecule has 2 aromatic carbocycles. The third-order valence-electron chi connectivity index (χ3n) is 5.04. The molecule has 4 rings (SSSR count). The molecule has 2 amide bonds. The fraction of sp³-hybridized carbons (Fsp3) is 0.318. The maximum absolute atomic E-state index is 12.9. The molecule has 0 bridgehead atoms. The van der Waals surface area contributed by atoms with Gasteiger partial charge < -0.3 is 20.1 Å². The highest BCUT2D eigenvalue weighted by atomic mass is 16.5. The van der Waals surface area contributed by atoms with Gasteiger partial charge in [0.1, 0.15) is 17.3 Å². The minimum absolute atomic E-state index is 0.201. The molecule has 0 radical (unpaired) electrons. The summed E-state index contributed by atoms with van der Waals surface area (Å²) in [4.78, 5) is 25.2. The van der Waals surface area contributed by atoms with E-state index in [2.05, 4.69) is 15.7 Å². The van der Waals surface area contributed by atoms with E-state index >= 15 is 0 Å². The number of para-hydroxylation sites is 1. The van der Waals surface area contributed by atoms with Crippen LogP contribution < -0.4 is 25.8 Å². The Morgan fingerprint density at radius 1 is 1.10 bits per heavy atom. The first-order valence-electron chi connectivity index (χ1n) is 10.1. The van der Waals surface area contributed by atoms with Gasteiger partial charge in [-0.25, -0.2) is 18.8 Å². The Bertz CT molecular complexity index is 1100. The van der Waals surface area contributed by atoms with E-state index in [1.54, 1.807) is 37.0 Å². The van der Waals surface area contributed by atoms with Crippen molar-refractivity contribution in [2.45, 2.75) is 25.3 Å². The minimum Gasteiger partial charge on any atom is -0.497 e. The van der Waals surface area contributed by atoms with E-state index in [9.17, 15) is 9.59 Å². The summed E-state index contributed by atoms with van der Waals surface area (Å²) in [5.74, 6) is 2.23. The molecule has 0 spiro atoms. The van der Waals surface area contributed by atoms with Gasteiger partial charge in [-0.1, -0.05) is 18.2 Å². The van der Waals surface area contributed by atoms with E-state index in [0.29, 0.717) is 23.1 Å². The average Bonchev–Trinajstić information content (AvgIpc) is 3.58. The molecule has 1 heterocycles. The predicted octanol–water partition coefficient (Wildman–Crippen LogP) is 2.75. The van der Waals surface area contributed by atoms with Crippen LogP contribution in [0, 0.1) is 0 Å². The fourth-order valence-corrected chi connectivity index (χ4v) is 3.33. The first kappa shape index (κ1) is 20.5. The van der Waals surface area contributed by atoms with Gasteiger partial charge in [0.05, 0.1) is 26.5 Å². The number of anilines is 1. The summed E-state index contributed by atoms with van der Waals surface area (Å²) >= 11 is 0. The van der Waals surface area contributed by atoms with Gasteiger partial charge >= 0.3 is 11.7 Å². The zero-order chi connectivity index (χ0) is 21.8. The number of benzene rings is 2. The molecule has 0 saturated heterocycles. The van der Waals surface area contributed by atoms with Crippen LogP contribution in [0.15, 0.2) is 53.3 Å². The van der Waals surface area contributed by atoms with Crippen LogP contribution in [0.1, 0.15) is 24.6 Å². The standard InChI is InChI=1S/C22H25N5O4/c1-30-18-12-16(13-19(14-18)31-2)24-21(28)23-10-11-26-22(29)27(17-6-4-3-5-7-17)20(25-26)15-8-9-15/h3-7,12-15H,8-11H2,1-2H3,(H2,23,24,28). The van der Waals surface area contributed by atoms with Crippen LogP contribution in [0.4, 0.5) is 10.5 Å². The molecule has 1 aromatic heterocycles. The smallest absolute Gasteiger partial charge is 0.350 e. The van der Waals surface area contributed by atoms with E-state index in [1.807, 2.05) is 30.3 Å². The Labute approximate surface area is 179 Å². The first-order valence-corrected chi connectivity index (χ1v) is 10.1. The van der Waals surface area contributed by atoms with E-state index in [-0.39, 0.29) is 18.8 Å². The quantitative estimate of drug-likeness (QED) is 0.580. The lowest BCUT2D eigenvalue weighted by Gasteiger charge is -2.10. The van der Waals surface area contributed by atoms with Crippen molar-refractivity contribution in [2.75, 3.05) is 26.1 Å². The van der Waals surface area contributed by atoms with Crippen LogP contribution in [0.25, 0.3) is 5.69 Å². The number of carbonyl (C=O) groups is 1. The average molecular weight is 423 g/mol. The normalized spacial score (nSPS) is 13.0. The van der Waals surface area contributed by atoms with Crippen LogP contribution in [-0.2, 0) is 6.54 Å². The van der Waals surface area contributed by atoms with Gasteiger partial charge in [0.25, 0.3) is 0 Å². The second-order valence-corrected chi connectivity index (χ2v) is 7.29. The first-order chi connectivity index (χ1) is 15.1. The zero-order valence-electron chi connectivity index (χ0n) is 17.5. The lowest BCUT2D eigenvalue weighted by molar-refractivity contribution is 0.251. The molecule has 31 heavy (non-hydrogen) atoms. The predicted molar refractivity (Wildman–Crippen MR) is 116 cm³/mol. The summed E-state index contributed by atoms with van der Waals surface area (Å²) in [6, 6.07) is 14.2. The number of carbonyl (C=O) groups excluding carboxylic acids is 1. The van der Waals surface area contributed by atoms with Crippen LogP contribution in [0.3, 0.4) is 0 Å².